The molecular weight excluding hydrogens is 355 g/mol. The van der Waals surface area contributed by atoms with E-state index in [-0.39, 0.29) is 35.2 Å². The standard InChI is InChI=1S/C11H13ClF2N5O3P/c12-8-7-9(18-10(15)17-8)19(4-16-7)3-6-5(11(6,13)14)1-2-23(20,21)22/h4-6H,1-3H2,(H2,15,17,18)(H2,20,21,22). The quantitative estimate of drug-likeness (QED) is 0.540. The van der Waals surface area contributed by atoms with Gasteiger partial charge in [0.2, 0.25) is 5.95 Å². The molecule has 1 fully saturated rings. The maximum absolute atomic E-state index is 13.8. The molecule has 0 aliphatic heterocycles. The van der Waals surface area contributed by atoms with Crippen molar-refractivity contribution in [2.75, 3.05) is 11.9 Å². The average Bonchev–Trinajstić information content (AvgIpc) is 2.74. The summed E-state index contributed by atoms with van der Waals surface area (Å²) in [6.45, 7) is -0.0951. The van der Waals surface area contributed by atoms with E-state index in [4.69, 9.17) is 27.1 Å². The van der Waals surface area contributed by atoms with Gasteiger partial charge in [-0.1, -0.05) is 11.6 Å². The van der Waals surface area contributed by atoms with Crippen molar-refractivity contribution in [1.82, 2.24) is 19.5 Å². The lowest BCUT2D eigenvalue weighted by atomic mass is 10.2. The van der Waals surface area contributed by atoms with Crippen molar-refractivity contribution in [3.63, 3.8) is 0 Å². The molecule has 2 heterocycles. The summed E-state index contributed by atoms with van der Waals surface area (Å²) in [4.78, 5) is 29.3. The van der Waals surface area contributed by atoms with Crippen molar-refractivity contribution in [1.29, 1.82) is 0 Å². The van der Waals surface area contributed by atoms with Gasteiger partial charge in [-0.25, -0.2) is 13.8 Å². The zero-order chi connectivity index (χ0) is 17.0. The topological polar surface area (TPSA) is 127 Å². The molecule has 23 heavy (non-hydrogen) atoms. The lowest BCUT2D eigenvalue weighted by Gasteiger charge is -2.04. The largest absolute Gasteiger partial charge is 0.368 e. The van der Waals surface area contributed by atoms with E-state index in [9.17, 15) is 13.3 Å². The van der Waals surface area contributed by atoms with Crippen molar-refractivity contribution in [3.8, 4) is 0 Å². The molecule has 12 heteroatoms. The van der Waals surface area contributed by atoms with Gasteiger partial charge in [-0.3, -0.25) is 4.57 Å². The third-order valence-corrected chi connectivity index (χ3v) is 5.03. The highest BCUT2D eigenvalue weighted by molar-refractivity contribution is 7.51. The van der Waals surface area contributed by atoms with Gasteiger partial charge in [0.1, 0.15) is 5.52 Å². The van der Waals surface area contributed by atoms with E-state index in [0.717, 1.165) is 0 Å². The lowest BCUT2D eigenvalue weighted by Crippen LogP contribution is -2.06. The van der Waals surface area contributed by atoms with Gasteiger partial charge < -0.3 is 20.1 Å². The second-order valence-electron chi connectivity index (χ2n) is 5.51. The highest BCUT2D eigenvalue weighted by Gasteiger charge is 2.67. The van der Waals surface area contributed by atoms with Crippen LogP contribution in [0.15, 0.2) is 6.33 Å². The third kappa shape index (κ3) is 3.16. The fourth-order valence-corrected chi connectivity index (χ4v) is 3.52. The molecule has 4 N–H and O–H groups in total. The number of aromatic nitrogens is 4. The van der Waals surface area contributed by atoms with E-state index in [1.807, 2.05) is 0 Å². The molecule has 126 valence electrons. The Labute approximate surface area is 133 Å². The number of hydrogen-bond acceptors (Lipinski definition) is 5. The Morgan fingerprint density at radius 1 is 1.39 bits per heavy atom. The lowest BCUT2D eigenvalue weighted by molar-refractivity contribution is 0.0809. The maximum atomic E-state index is 13.8. The van der Waals surface area contributed by atoms with Gasteiger partial charge in [0.05, 0.1) is 12.5 Å². The van der Waals surface area contributed by atoms with Gasteiger partial charge in [0.15, 0.2) is 10.8 Å². The zero-order valence-corrected chi connectivity index (χ0v) is 13.3. The number of nitrogens with zero attached hydrogens (tertiary/aromatic N) is 4. The van der Waals surface area contributed by atoms with E-state index in [2.05, 4.69) is 15.0 Å². The number of halogens is 3. The van der Waals surface area contributed by atoms with E-state index < -0.39 is 31.5 Å². The molecule has 2 unspecified atom stereocenters. The van der Waals surface area contributed by atoms with Crippen molar-refractivity contribution < 1.29 is 23.1 Å². The molecule has 0 amide bonds. The minimum absolute atomic E-state index is 0.0341. The molecule has 2 aromatic rings. The number of nitrogen functional groups attached to an aromatic ring is 1. The van der Waals surface area contributed by atoms with Gasteiger partial charge in [0.25, 0.3) is 5.92 Å². The number of rotatable bonds is 5. The number of fused-ring (bicyclic) bond motifs is 1. The first-order valence-electron chi connectivity index (χ1n) is 6.66. The van der Waals surface area contributed by atoms with Crippen LogP contribution in [-0.4, -0.2) is 41.4 Å². The van der Waals surface area contributed by atoms with Crippen molar-refractivity contribution in [2.24, 2.45) is 11.8 Å². The first-order valence-corrected chi connectivity index (χ1v) is 8.83. The van der Waals surface area contributed by atoms with E-state index in [0.29, 0.717) is 0 Å². The van der Waals surface area contributed by atoms with Crippen LogP contribution >= 0.6 is 19.2 Å². The summed E-state index contributed by atoms with van der Waals surface area (Å²) < 4.78 is 39.9. The highest BCUT2D eigenvalue weighted by Crippen LogP contribution is 2.59. The molecule has 0 spiro atoms. The van der Waals surface area contributed by atoms with Gasteiger partial charge in [0, 0.05) is 18.4 Å². The van der Waals surface area contributed by atoms with Gasteiger partial charge in [-0.2, -0.15) is 9.97 Å². The van der Waals surface area contributed by atoms with Crippen molar-refractivity contribution in [3.05, 3.63) is 11.5 Å². The molecule has 1 saturated carbocycles. The fourth-order valence-electron chi connectivity index (χ4n) is 2.68. The molecule has 1 aliphatic carbocycles. The first-order chi connectivity index (χ1) is 10.6. The molecule has 0 bridgehead atoms. The Morgan fingerprint density at radius 3 is 2.74 bits per heavy atom. The molecule has 0 saturated heterocycles. The Kier molecular flexibility index (Phi) is 3.83. The van der Waals surface area contributed by atoms with Crippen LogP contribution in [0.25, 0.3) is 11.2 Å². The summed E-state index contributed by atoms with van der Waals surface area (Å²) in [7, 11) is -4.29. The number of alkyl halides is 2. The number of hydrogen-bond donors (Lipinski definition) is 3. The molecule has 0 aromatic carbocycles. The van der Waals surface area contributed by atoms with Crippen LogP contribution in [0.3, 0.4) is 0 Å². The Bertz CT molecular complexity index is 810. The van der Waals surface area contributed by atoms with Crippen LogP contribution in [0.4, 0.5) is 14.7 Å². The highest BCUT2D eigenvalue weighted by atomic mass is 35.5. The van der Waals surface area contributed by atoms with Crippen LogP contribution < -0.4 is 5.73 Å². The minimum Gasteiger partial charge on any atom is -0.368 e. The van der Waals surface area contributed by atoms with Crippen LogP contribution in [0.2, 0.25) is 5.15 Å². The SMILES string of the molecule is Nc1nc(Cl)c2ncn(CC3C(CCP(=O)(O)O)C3(F)F)c2n1. The van der Waals surface area contributed by atoms with Crippen molar-refractivity contribution >= 4 is 36.3 Å². The average molecular weight is 368 g/mol. The molecule has 2 atom stereocenters. The van der Waals surface area contributed by atoms with Crippen molar-refractivity contribution in [2.45, 2.75) is 18.9 Å². The summed E-state index contributed by atoms with van der Waals surface area (Å²) in [5.41, 5.74) is 6.00. The monoisotopic (exact) mass is 367 g/mol. The summed E-state index contributed by atoms with van der Waals surface area (Å²) in [6, 6.07) is 0. The number of anilines is 1. The first kappa shape index (κ1) is 16.5. The van der Waals surface area contributed by atoms with E-state index in [1.165, 1.54) is 10.9 Å². The molecule has 3 rings (SSSR count). The maximum Gasteiger partial charge on any atom is 0.325 e. The molecular formula is C11H13ClF2N5O3P. The zero-order valence-electron chi connectivity index (χ0n) is 11.6. The number of nitrogens with two attached hydrogens (primary N) is 1. The van der Waals surface area contributed by atoms with Crippen LogP contribution in [-0.2, 0) is 11.1 Å². The molecule has 1 aliphatic rings. The van der Waals surface area contributed by atoms with Crippen LogP contribution in [0, 0.1) is 11.8 Å². The fraction of sp³-hybridized carbons (Fsp3) is 0.545. The Hall–Kier alpha value is -1.35. The smallest absolute Gasteiger partial charge is 0.325 e. The number of imidazole rings is 1. The van der Waals surface area contributed by atoms with Gasteiger partial charge in [-0.15, -0.1) is 0 Å². The molecule has 8 nitrogen and oxygen atoms in total. The summed E-state index contributed by atoms with van der Waals surface area (Å²) in [5, 5.41) is 0.0341. The minimum atomic E-state index is -4.29. The summed E-state index contributed by atoms with van der Waals surface area (Å²) in [5.74, 6) is -5.19. The molecule has 0 radical (unpaired) electrons. The summed E-state index contributed by atoms with van der Waals surface area (Å²) in [6.07, 6.45) is 0.515. The van der Waals surface area contributed by atoms with Gasteiger partial charge in [-0.05, 0) is 6.42 Å². The summed E-state index contributed by atoms with van der Waals surface area (Å²) >= 11 is 5.87. The normalized spacial score (nSPS) is 23.3. The van der Waals surface area contributed by atoms with E-state index in [1.54, 1.807) is 0 Å². The Morgan fingerprint density at radius 2 is 2.09 bits per heavy atom. The van der Waals surface area contributed by atoms with Gasteiger partial charge >= 0.3 is 7.60 Å². The van der Waals surface area contributed by atoms with Crippen LogP contribution in [0.1, 0.15) is 6.42 Å². The van der Waals surface area contributed by atoms with Crippen LogP contribution in [0.5, 0.6) is 0 Å². The second kappa shape index (κ2) is 5.34. The van der Waals surface area contributed by atoms with E-state index >= 15 is 0 Å². The Balaban J connectivity index is 1.79. The predicted molar refractivity (Wildman–Crippen MR) is 78.2 cm³/mol. The second-order valence-corrected chi connectivity index (χ2v) is 7.64. The third-order valence-electron chi connectivity index (χ3n) is 3.93. The predicted octanol–water partition coefficient (Wildman–Crippen LogP) is 1.51. The molecule has 2 aromatic heterocycles.